The fourth-order valence-electron chi connectivity index (χ4n) is 1.81. The fraction of sp³-hybridized carbons (Fsp3) is 0. The van der Waals surface area contributed by atoms with Crippen LogP contribution < -0.4 is 5.32 Å². The van der Waals surface area contributed by atoms with E-state index in [0.29, 0.717) is 26.2 Å². The van der Waals surface area contributed by atoms with Crippen LogP contribution in [0.15, 0.2) is 46.9 Å². The first kappa shape index (κ1) is 15.8. The van der Waals surface area contributed by atoms with Gasteiger partial charge in [-0.05, 0) is 42.5 Å². The van der Waals surface area contributed by atoms with Crippen LogP contribution in [0, 0.1) is 0 Å². The van der Waals surface area contributed by atoms with Crippen LogP contribution in [0.5, 0.6) is 0 Å². The van der Waals surface area contributed by atoms with Gasteiger partial charge in [-0.15, -0.1) is 5.10 Å². The van der Waals surface area contributed by atoms with Crippen molar-refractivity contribution in [1.29, 1.82) is 0 Å². The van der Waals surface area contributed by atoms with Gasteiger partial charge in [0.2, 0.25) is 0 Å². The van der Waals surface area contributed by atoms with E-state index in [4.69, 9.17) is 39.2 Å². The van der Waals surface area contributed by atoms with Crippen LogP contribution in [-0.4, -0.2) is 16.1 Å². The normalized spacial score (nSPS) is 10.6. The highest BCUT2D eigenvalue weighted by atomic mass is 35.5. The molecule has 2 aromatic carbocycles. The minimum atomic E-state index is -0.394. The summed E-state index contributed by atoms with van der Waals surface area (Å²) in [6, 6.07) is 11.2. The number of rotatable bonds is 3. The number of nitrogens with one attached hydrogen (secondary N) is 1. The van der Waals surface area contributed by atoms with E-state index >= 15 is 0 Å². The number of halogens is 3. The average molecular weight is 369 g/mol. The van der Waals surface area contributed by atoms with Crippen LogP contribution in [0.2, 0.25) is 15.1 Å². The Morgan fingerprint density at radius 3 is 2.39 bits per heavy atom. The maximum atomic E-state index is 12.1. The molecule has 1 amide bonds. The lowest BCUT2D eigenvalue weighted by Gasteiger charge is -2.01. The van der Waals surface area contributed by atoms with Crippen LogP contribution in [0.25, 0.3) is 11.5 Å². The number of aromatic nitrogens is 2. The molecule has 116 valence electrons. The van der Waals surface area contributed by atoms with Crippen molar-refractivity contribution in [1.82, 2.24) is 10.2 Å². The van der Waals surface area contributed by atoms with Gasteiger partial charge in [-0.2, -0.15) is 0 Å². The lowest BCUT2D eigenvalue weighted by Crippen LogP contribution is -2.11. The second-order valence-electron chi connectivity index (χ2n) is 4.50. The molecule has 0 aliphatic heterocycles. The van der Waals surface area contributed by atoms with Gasteiger partial charge in [0.15, 0.2) is 0 Å². The molecule has 1 aromatic heterocycles. The second kappa shape index (κ2) is 6.58. The van der Waals surface area contributed by atoms with Crippen molar-refractivity contribution in [2.75, 3.05) is 5.32 Å². The molecule has 0 atom stereocenters. The van der Waals surface area contributed by atoms with Gasteiger partial charge in [0, 0.05) is 15.6 Å². The standard InChI is InChI=1S/C15H8Cl3N3O2/c16-9-3-1-8(2-4-9)13(22)19-15-21-20-14(23-15)11-7-10(17)5-6-12(11)18/h1-7H,(H,19,21,22). The molecule has 0 aliphatic carbocycles. The van der Waals surface area contributed by atoms with Crippen LogP contribution in [0.1, 0.15) is 10.4 Å². The fourth-order valence-corrected chi connectivity index (χ4v) is 2.31. The molecule has 0 unspecified atom stereocenters. The van der Waals surface area contributed by atoms with Gasteiger partial charge in [-0.3, -0.25) is 10.1 Å². The zero-order valence-corrected chi connectivity index (χ0v) is 13.7. The van der Waals surface area contributed by atoms with Gasteiger partial charge >= 0.3 is 6.01 Å². The Labute approximate surface area is 146 Å². The van der Waals surface area contributed by atoms with E-state index in [1.165, 1.54) is 0 Å². The number of hydrogen-bond donors (Lipinski definition) is 1. The summed E-state index contributed by atoms with van der Waals surface area (Å²) in [6.07, 6.45) is 0. The van der Waals surface area contributed by atoms with Gasteiger partial charge in [-0.25, -0.2) is 0 Å². The molecule has 8 heteroatoms. The summed E-state index contributed by atoms with van der Waals surface area (Å²) in [5, 5.41) is 11.6. The van der Waals surface area contributed by atoms with E-state index in [2.05, 4.69) is 15.5 Å². The highest BCUT2D eigenvalue weighted by Gasteiger charge is 2.15. The molecule has 3 aromatic rings. The molecule has 23 heavy (non-hydrogen) atoms. The van der Waals surface area contributed by atoms with Crippen LogP contribution >= 0.6 is 34.8 Å². The van der Waals surface area contributed by atoms with Crippen LogP contribution in [-0.2, 0) is 0 Å². The highest BCUT2D eigenvalue weighted by Crippen LogP contribution is 2.30. The van der Waals surface area contributed by atoms with Gasteiger partial charge in [0.25, 0.3) is 11.8 Å². The van der Waals surface area contributed by atoms with Gasteiger partial charge < -0.3 is 4.42 Å². The van der Waals surface area contributed by atoms with Gasteiger partial charge in [0.1, 0.15) is 0 Å². The number of nitrogens with zero attached hydrogens (tertiary/aromatic N) is 2. The predicted molar refractivity (Wildman–Crippen MR) is 89.2 cm³/mol. The zero-order chi connectivity index (χ0) is 16.4. The first-order valence-corrected chi connectivity index (χ1v) is 7.52. The maximum Gasteiger partial charge on any atom is 0.322 e. The number of amides is 1. The zero-order valence-electron chi connectivity index (χ0n) is 11.4. The third kappa shape index (κ3) is 3.64. The van der Waals surface area contributed by atoms with Crippen LogP contribution in [0.4, 0.5) is 6.01 Å². The monoisotopic (exact) mass is 367 g/mol. The second-order valence-corrected chi connectivity index (χ2v) is 5.78. The summed E-state index contributed by atoms with van der Waals surface area (Å²) >= 11 is 17.8. The SMILES string of the molecule is O=C(Nc1nnc(-c2cc(Cl)ccc2Cl)o1)c1ccc(Cl)cc1. The molecule has 3 rings (SSSR count). The number of carbonyl (C=O) groups excluding carboxylic acids is 1. The van der Waals surface area contributed by atoms with Crippen molar-refractivity contribution < 1.29 is 9.21 Å². The van der Waals surface area contributed by atoms with E-state index in [9.17, 15) is 4.79 Å². The smallest absolute Gasteiger partial charge is 0.322 e. The Morgan fingerprint density at radius 2 is 1.65 bits per heavy atom. The Morgan fingerprint density at radius 1 is 0.957 bits per heavy atom. The minimum Gasteiger partial charge on any atom is -0.403 e. The summed E-state index contributed by atoms with van der Waals surface area (Å²) < 4.78 is 5.40. The lowest BCUT2D eigenvalue weighted by atomic mass is 10.2. The third-order valence-corrected chi connectivity index (χ3v) is 3.73. The molecule has 0 bridgehead atoms. The van der Waals surface area contributed by atoms with Crippen molar-refractivity contribution in [2.24, 2.45) is 0 Å². The largest absolute Gasteiger partial charge is 0.403 e. The summed E-state index contributed by atoms with van der Waals surface area (Å²) in [4.78, 5) is 12.1. The Bertz CT molecular complexity index is 863. The quantitative estimate of drug-likeness (QED) is 0.710. The number of anilines is 1. The average Bonchev–Trinajstić information content (AvgIpc) is 2.98. The number of carbonyl (C=O) groups is 1. The first-order chi connectivity index (χ1) is 11.0. The molecule has 0 spiro atoms. The van der Waals surface area contributed by atoms with Crippen molar-refractivity contribution in [3.05, 3.63) is 63.1 Å². The minimum absolute atomic E-state index is 0.0454. The maximum absolute atomic E-state index is 12.1. The Balaban J connectivity index is 1.81. The molecule has 0 saturated heterocycles. The molecule has 0 fully saturated rings. The van der Waals surface area contributed by atoms with Crippen molar-refractivity contribution in [2.45, 2.75) is 0 Å². The van der Waals surface area contributed by atoms with Crippen molar-refractivity contribution in [3.8, 4) is 11.5 Å². The molecule has 0 aliphatic rings. The van der Waals surface area contributed by atoms with Gasteiger partial charge in [0.05, 0.1) is 10.6 Å². The predicted octanol–water partition coefficient (Wildman–Crippen LogP) is 4.95. The van der Waals surface area contributed by atoms with Crippen molar-refractivity contribution >= 4 is 46.7 Å². The summed E-state index contributed by atoms with van der Waals surface area (Å²) in [6.45, 7) is 0. The first-order valence-electron chi connectivity index (χ1n) is 6.39. The summed E-state index contributed by atoms with van der Waals surface area (Å²) in [7, 11) is 0. The van der Waals surface area contributed by atoms with Gasteiger partial charge in [-0.1, -0.05) is 39.9 Å². The van der Waals surface area contributed by atoms with Crippen LogP contribution in [0.3, 0.4) is 0 Å². The Kier molecular flexibility index (Phi) is 4.52. The number of hydrogen-bond acceptors (Lipinski definition) is 4. The topological polar surface area (TPSA) is 68.0 Å². The third-order valence-electron chi connectivity index (χ3n) is 2.91. The van der Waals surface area contributed by atoms with Crippen molar-refractivity contribution in [3.63, 3.8) is 0 Å². The summed E-state index contributed by atoms with van der Waals surface area (Å²) in [5.41, 5.74) is 0.897. The van der Waals surface area contributed by atoms with E-state index in [-0.39, 0.29) is 11.9 Å². The molecular formula is C15H8Cl3N3O2. The summed E-state index contributed by atoms with van der Waals surface area (Å²) in [5.74, 6) is -0.238. The van der Waals surface area contributed by atoms with E-state index in [1.54, 1.807) is 42.5 Å². The molecule has 5 nitrogen and oxygen atoms in total. The number of benzene rings is 2. The molecule has 1 N–H and O–H groups in total. The van der Waals surface area contributed by atoms with E-state index < -0.39 is 5.91 Å². The highest BCUT2D eigenvalue weighted by molar-refractivity contribution is 6.35. The molecule has 1 heterocycles. The van der Waals surface area contributed by atoms with E-state index in [1.807, 2.05) is 0 Å². The lowest BCUT2D eigenvalue weighted by molar-refractivity contribution is 0.102. The Hall–Kier alpha value is -2.08. The molecular weight excluding hydrogens is 361 g/mol. The van der Waals surface area contributed by atoms with E-state index in [0.717, 1.165) is 0 Å². The molecule has 0 saturated carbocycles. The molecule has 0 radical (unpaired) electrons.